The molecule has 5 rings (SSSR count). The first-order valence-corrected chi connectivity index (χ1v) is 8.39. The first kappa shape index (κ1) is 13.2. The molecule has 2 atom stereocenters. The highest BCUT2D eigenvalue weighted by atomic mass is 32.1. The molecule has 3 aliphatic rings. The maximum atomic E-state index is 11.3. The van der Waals surface area contributed by atoms with E-state index in [-0.39, 0.29) is 0 Å². The van der Waals surface area contributed by atoms with E-state index >= 15 is 0 Å². The summed E-state index contributed by atoms with van der Waals surface area (Å²) in [6, 6.07) is 6.57. The average Bonchev–Trinajstić information content (AvgIpc) is 2.90. The molecule has 2 bridgehead atoms. The van der Waals surface area contributed by atoms with Gasteiger partial charge in [-0.15, -0.1) is 11.3 Å². The molecule has 5 heterocycles. The molecule has 0 spiro atoms. The Morgan fingerprint density at radius 2 is 2.14 bits per heavy atom. The molecule has 3 saturated heterocycles. The number of hydrogen-bond acceptors (Lipinski definition) is 4. The second-order valence-electron chi connectivity index (χ2n) is 6.24. The summed E-state index contributed by atoms with van der Waals surface area (Å²) in [5.41, 5.74) is 5.68. The molecule has 5 heteroatoms. The van der Waals surface area contributed by atoms with Gasteiger partial charge in [0.15, 0.2) is 0 Å². The second-order valence-corrected chi connectivity index (χ2v) is 7.31. The molecule has 0 radical (unpaired) electrons. The van der Waals surface area contributed by atoms with E-state index in [4.69, 9.17) is 5.73 Å². The third kappa shape index (κ3) is 2.07. The predicted molar refractivity (Wildman–Crippen MR) is 84.6 cm³/mol. The molecular weight excluding hydrogens is 282 g/mol. The van der Waals surface area contributed by atoms with E-state index < -0.39 is 5.91 Å². The van der Waals surface area contributed by atoms with Crippen molar-refractivity contribution in [1.29, 1.82) is 0 Å². The van der Waals surface area contributed by atoms with Crippen molar-refractivity contribution in [3.8, 4) is 0 Å². The van der Waals surface area contributed by atoms with Crippen LogP contribution < -0.4 is 5.73 Å². The van der Waals surface area contributed by atoms with Gasteiger partial charge < -0.3 is 5.73 Å². The SMILES string of the molecule is C[C@H]1[C@H](c2cc3ccc(C(N)=O)nc3s2)C2CCN1CC2. The van der Waals surface area contributed by atoms with Crippen LogP contribution in [0.4, 0.5) is 0 Å². The molecular formula is C16H19N3OS. The molecule has 2 aromatic heterocycles. The number of carbonyl (C=O) groups is 1. The lowest BCUT2D eigenvalue weighted by molar-refractivity contribution is 0.0363. The second kappa shape index (κ2) is 4.78. The lowest BCUT2D eigenvalue weighted by atomic mass is 9.73. The van der Waals surface area contributed by atoms with E-state index in [0.717, 1.165) is 16.1 Å². The number of pyridine rings is 1. The molecule has 3 aliphatic heterocycles. The van der Waals surface area contributed by atoms with Gasteiger partial charge in [0.2, 0.25) is 0 Å². The molecule has 0 aliphatic carbocycles. The summed E-state index contributed by atoms with van der Waals surface area (Å²) in [6.07, 6.45) is 2.62. The lowest BCUT2D eigenvalue weighted by Gasteiger charge is -2.49. The van der Waals surface area contributed by atoms with Crippen LogP contribution in [-0.4, -0.2) is 34.9 Å². The van der Waals surface area contributed by atoms with Gasteiger partial charge in [-0.2, -0.15) is 0 Å². The van der Waals surface area contributed by atoms with Crippen molar-refractivity contribution in [3.63, 3.8) is 0 Å². The van der Waals surface area contributed by atoms with Crippen molar-refractivity contribution in [2.75, 3.05) is 13.1 Å². The van der Waals surface area contributed by atoms with Crippen molar-refractivity contribution in [1.82, 2.24) is 9.88 Å². The van der Waals surface area contributed by atoms with Crippen molar-refractivity contribution >= 4 is 27.5 Å². The Kier molecular flexibility index (Phi) is 3.01. The van der Waals surface area contributed by atoms with Gasteiger partial charge in [-0.05, 0) is 57.0 Å². The van der Waals surface area contributed by atoms with Gasteiger partial charge in [0.05, 0.1) is 0 Å². The number of carbonyl (C=O) groups excluding carboxylic acids is 1. The van der Waals surface area contributed by atoms with Crippen LogP contribution in [0.25, 0.3) is 10.2 Å². The van der Waals surface area contributed by atoms with Gasteiger partial charge in [-0.1, -0.05) is 0 Å². The van der Waals surface area contributed by atoms with Crippen molar-refractivity contribution < 1.29 is 4.79 Å². The Hall–Kier alpha value is -1.46. The minimum absolute atomic E-state index is 0.359. The average molecular weight is 301 g/mol. The summed E-state index contributed by atoms with van der Waals surface area (Å²) >= 11 is 1.73. The molecule has 2 N–H and O–H groups in total. The summed E-state index contributed by atoms with van der Waals surface area (Å²) in [5.74, 6) is 0.959. The fourth-order valence-corrected chi connectivity index (χ4v) is 5.34. The molecule has 0 unspecified atom stereocenters. The minimum Gasteiger partial charge on any atom is -0.364 e. The van der Waals surface area contributed by atoms with E-state index in [1.807, 2.05) is 6.07 Å². The summed E-state index contributed by atoms with van der Waals surface area (Å²) in [5, 5.41) is 1.13. The van der Waals surface area contributed by atoms with Gasteiger partial charge >= 0.3 is 0 Å². The first-order chi connectivity index (χ1) is 10.1. The number of aromatic nitrogens is 1. The monoisotopic (exact) mass is 301 g/mol. The van der Waals surface area contributed by atoms with Crippen LogP contribution in [0.3, 0.4) is 0 Å². The van der Waals surface area contributed by atoms with Crippen LogP contribution in [0.5, 0.6) is 0 Å². The molecule has 1 amide bonds. The quantitative estimate of drug-likeness (QED) is 0.927. The first-order valence-electron chi connectivity index (χ1n) is 7.58. The van der Waals surface area contributed by atoms with Crippen LogP contribution in [0.1, 0.15) is 41.0 Å². The number of amides is 1. The third-order valence-corrected chi connectivity index (χ3v) is 6.31. The molecule has 21 heavy (non-hydrogen) atoms. The number of piperidine rings is 3. The van der Waals surface area contributed by atoms with Crippen LogP contribution in [0.2, 0.25) is 0 Å². The number of hydrogen-bond donors (Lipinski definition) is 1. The fourth-order valence-electron chi connectivity index (χ4n) is 4.02. The Labute approximate surface area is 128 Å². The number of primary amides is 1. The molecule has 3 fully saturated rings. The number of fused-ring (bicyclic) bond motifs is 4. The molecule has 110 valence electrons. The molecule has 0 saturated carbocycles. The van der Waals surface area contributed by atoms with Gasteiger partial charge in [0.25, 0.3) is 5.91 Å². The fraction of sp³-hybridized carbons (Fsp3) is 0.500. The summed E-state index contributed by atoms with van der Waals surface area (Å²) < 4.78 is 0. The van der Waals surface area contributed by atoms with Crippen LogP contribution in [0.15, 0.2) is 18.2 Å². The largest absolute Gasteiger partial charge is 0.364 e. The standard InChI is InChI=1S/C16H19N3OS/c1-9-14(10-4-6-19(9)7-5-10)13-8-11-2-3-12(15(17)20)18-16(11)21-13/h2-3,8-10,14H,4-7H2,1H3,(H2,17,20)/t9-,14-/m0/s1. The number of nitrogens with zero attached hydrogens (tertiary/aromatic N) is 2. The van der Waals surface area contributed by atoms with Gasteiger partial charge in [-0.3, -0.25) is 9.69 Å². The van der Waals surface area contributed by atoms with E-state index in [1.165, 1.54) is 30.8 Å². The van der Waals surface area contributed by atoms with E-state index in [1.54, 1.807) is 17.4 Å². The van der Waals surface area contributed by atoms with Crippen LogP contribution >= 0.6 is 11.3 Å². The number of rotatable bonds is 2. The smallest absolute Gasteiger partial charge is 0.267 e. The van der Waals surface area contributed by atoms with E-state index in [0.29, 0.717) is 17.7 Å². The van der Waals surface area contributed by atoms with Crippen molar-refractivity contribution in [2.24, 2.45) is 11.7 Å². The third-order valence-electron chi connectivity index (χ3n) is 5.16. The Morgan fingerprint density at radius 3 is 2.81 bits per heavy atom. The number of nitrogens with two attached hydrogens (primary N) is 1. The van der Waals surface area contributed by atoms with Crippen LogP contribution in [0, 0.1) is 5.92 Å². The summed E-state index contributed by atoms with van der Waals surface area (Å²) in [6.45, 7) is 4.84. The maximum absolute atomic E-state index is 11.3. The normalized spacial score (nSPS) is 31.7. The molecule has 2 aromatic rings. The highest BCUT2D eigenvalue weighted by Crippen LogP contribution is 2.46. The molecule has 4 nitrogen and oxygen atoms in total. The highest BCUT2D eigenvalue weighted by Gasteiger charge is 2.41. The van der Waals surface area contributed by atoms with E-state index in [2.05, 4.69) is 22.9 Å². The minimum atomic E-state index is -0.456. The zero-order valence-corrected chi connectivity index (χ0v) is 12.9. The molecule has 0 aromatic carbocycles. The topological polar surface area (TPSA) is 59.2 Å². The highest BCUT2D eigenvalue weighted by molar-refractivity contribution is 7.18. The van der Waals surface area contributed by atoms with Crippen molar-refractivity contribution in [3.05, 3.63) is 28.8 Å². The van der Waals surface area contributed by atoms with Gasteiger partial charge in [0, 0.05) is 22.2 Å². The van der Waals surface area contributed by atoms with Crippen molar-refractivity contribution in [2.45, 2.75) is 31.7 Å². The van der Waals surface area contributed by atoms with Crippen LogP contribution in [-0.2, 0) is 0 Å². The summed E-state index contributed by atoms with van der Waals surface area (Å²) in [4.78, 5) is 20.6. The predicted octanol–water partition coefficient (Wildman–Crippen LogP) is 2.59. The number of thiophene rings is 1. The van der Waals surface area contributed by atoms with E-state index in [9.17, 15) is 4.79 Å². The Balaban J connectivity index is 1.75. The lowest BCUT2D eigenvalue weighted by Crippen LogP contribution is -2.51. The zero-order chi connectivity index (χ0) is 14.6. The van der Waals surface area contributed by atoms with Gasteiger partial charge in [-0.25, -0.2) is 4.98 Å². The Morgan fingerprint density at radius 1 is 1.38 bits per heavy atom. The zero-order valence-electron chi connectivity index (χ0n) is 12.1. The van der Waals surface area contributed by atoms with Gasteiger partial charge in [0.1, 0.15) is 10.5 Å². The summed E-state index contributed by atoms with van der Waals surface area (Å²) in [7, 11) is 0. The maximum Gasteiger partial charge on any atom is 0.267 e. The Bertz CT molecular complexity index is 701.